The summed E-state index contributed by atoms with van der Waals surface area (Å²) in [6, 6.07) is 0. The lowest BCUT2D eigenvalue weighted by Crippen LogP contribution is -2.07. The van der Waals surface area contributed by atoms with Crippen molar-refractivity contribution in [1.82, 2.24) is 0 Å². The van der Waals surface area contributed by atoms with E-state index in [0.717, 1.165) is 0 Å². The van der Waals surface area contributed by atoms with Crippen LogP contribution >= 0.6 is 0 Å². The number of hydrogen-bond acceptors (Lipinski definition) is 0. The first-order valence-electron chi connectivity index (χ1n) is 7.66. The number of hydrogen-bond donors (Lipinski definition) is 0. The SMILES string of the molecule is C=C(CCCCCCCCCCC)C(C)(C)C. The average Bonchev–Trinajstić information content (AvgIpc) is 2.25. The zero-order valence-electron chi connectivity index (χ0n) is 12.8. The number of unbranched alkanes of at least 4 members (excludes halogenated alkanes) is 8. The lowest BCUT2D eigenvalue weighted by Gasteiger charge is -2.21. The second-order valence-corrected chi connectivity index (χ2v) is 6.43. The van der Waals surface area contributed by atoms with Crippen molar-refractivity contribution in [3.8, 4) is 0 Å². The van der Waals surface area contributed by atoms with Crippen molar-refractivity contribution in [3.63, 3.8) is 0 Å². The molecule has 0 aliphatic carbocycles. The molecule has 0 spiro atoms. The molecule has 0 bridgehead atoms. The molecule has 0 heteroatoms. The molecule has 0 saturated heterocycles. The highest BCUT2D eigenvalue weighted by molar-refractivity contribution is 5.04. The van der Waals surface area contributed by atoms with Crippen LogP contribution in [-0.2, 0) is 0 Å². The van der Waals surface area contributed by atoms with Crippen molar-refractivity contribution in [1.29, 1.82) is 0 Å². The van der Waals surface area contributed by atoms with E-state index >= 15 is 0 Å². The molecule has 17 heavy (non-hydrogen) atoms. The van der Waals surface area contributed by atoms with Crippen LogP contribution in [0.3, 0.4) is 0 Å². The maximum absolute atomic E-state index is 4.19. The maximum Gasteiger partial charge on any atom is -0.0176 e. The van der Waals surface area contributed by atoms with Gasteiger partial charge in [0.25, 0.3) is 0 Å². The normalized spacial score (nSPS) is 11.8. The molecule has 0 nitrogen and oxygen atoms in total. The van der Waals surface area contributed by atoms with E-state index in [1.807, 2.05) is 0 Å². The van der Waals surface area contributed by atoms with Gasteiger partial charge in [-0.2, -0.15) is 0 Å². The van der Waals surface area contributed by atoms with E-state index in [9.17, 15) is 0 Å². The maximum atomic E-state index is 4.19. The highest BCUT2D eigenvalue weighted by Gasteiger charge is 2.13. The molecule has 0 saturated carbocycles. The molecule has 0 rings (SSSR count). The molecule has 0 aromatic heterocycles. The molecule has 0 amide bonds. The van der Waals surface area contributed by atoms with Crippen LogP contribution in [0.1, 0.15) is 91.9 Å². The summed E-state index contributed by atoms with van der Waals surface area (Å²) in [6.07, 6.45) is 13.9. The first-order chi connectivity index (χ1) is 7.98. The largest absolute Gasteiger partial charge is 0.0993 e. The Bertz CT molecular complexity index is 183. The van der Waals surface area contributed by atoms with E-state index in [1.165, 1.54) is 69.8 Å². The van der Waals surface area contributed by atoms with Crippen molar-refractivity contribution < 1.29 is 0 Å². The van der Waals surface area contributed by atoms with E-state index in [1.54, 1.807) is 0 Å². The van der Waals surface area contributed by atoms with E-state index in [-0.39, 0.29) is 0 Å². The van der Waals surface area contributed by atoms with Gasteiger partial charge in [0, 0.05) is 0 Å². The van der Waals surface area contributed by atoms with Gasteiger partial charge in [-0.15, -0.1) is 0 Å². The molecule has 102 valence electrons. The Hall–Kier alpha value is -0.260. The van der Waals surface area contributed by atoms with Crippen LogP contribution in [0.2, 0.25) is 0 Å². The third-order valence-corrected chi connectivity index (χ3v) is 3.64. The Morgan fingerprint density at radius 2 is 1.18 bits per heavy atom. The van der Waals surface area contributed by atoms with Crippen molar-refractivity contribution in [3.05, 3.63) is 12.2 Å². The molecule has 0 aliphatic heterocycles. The van der Waals surface area contributed by atoms with E-state index in [4.69, 9.17) is 0 Å². The van der Waals surface area contributed by atoms with E-state index in [0.29, 0.717) is 5.41 Å². The molecule has 0 aromatic rings. The fraction of sp³-hybridized carbons (Fsp3) is 0.882. The summed E-state index contributed by atoms with van der Waals surface area (Å²) in [5.41, 5.74) is 1.72. The minimum Gasteiger partial charge on any atom is -0.0993 e. The third kappa shape index (κ3) is 10.6. The lowest BCUT2D eigenvalue weighted by atomic mass is 9.84. The Balaban J connectivity index is 3.22. The van der Waals surface area contributed by atoms with E-state index < -0.39 is 0 Å². The van der Waals surface area contributed by atoms with Gasteiger partial charge in [0.05, 0.1) is 0 Å². The molecule has 0 unspecified atom stereocenters. The van der Waals surface area contributed by atoms with Gasteiger partial charge < -0.3 is 0 Å². The molecule has 0 atom stereocenters. The average molecular weight is 238 g/mol. The second kappa shape index (κ2) is 9.74. The molecule has 0 aromatic carbocycles. The molecular weight excluding hydrogens is 204 g/mol. The summed E-state index contributed by atoms with van der Waals surface area (Å²) >= 11 is 0. The highest BCUT2D eigenvalue weighted by atomic mass is 14.2. The molecular formula is C17H34. The molecule has 0 heterocycles. The lowest BCUT2D eigenvalue weighted by molar-refractivity contribution is 0.471. The van der Waals surface area contributed by atoms with Gasteiger partial charge >= 0.3 is 0 Å². The first kappa shape index (κ1) is 16.7. The minimum atomic E-state index is 0.306. The summed E-state index contributed by atoms with van der Waals surface area (Å²) < 4.78 is 0. The quantitative estimate of drug-likeness (QED) is 0.300. The van der Waals surface area contributed by atoms with Crippen LogP contribution in [0, 0.1) is 5.41 Å². The third-order valence-electron chi connectivity index (χ3n) is 3.64. The topological polar surface area (TPSA) is 0 Å². The summed E-state index contributed by atoms with van der Waals surface area (Å²) in [5, 5.41) is 0. The molecule has 0 fully saturated rings. The van der Waals surface area contributed by atoms with Crippen LogP contribution in [0.15, 0.2) is 12.2 Å². The molecule has 0 N–H and O–H groups in total. The van der Waals surface area contributed by atoms with Gasteiger partial charge in [-0.25, -0.2) is 0 Å². The van der Waals surface area contributed by atoms with Gasteiger partial charge in [-0.05, 0) is 18.3 Å². The van der Waals surface area contributed by atoms with E-state index in [2.05, 4.69) is 34.3 Å². The smallest absolute Gasteiger partial charge is 0.0176 e. The minimum absolute atomic E-state index is 0.306. The van der Waals surface area contributed by atoms with Gasteiger partial charge in [0.1, 0.15) is 0 Å². The Morgan fingerprint density at radius 3 is 1.59 bits per heavy atom. The zero-order valence-corrected chi connectivity index (χ0v) is 12.8. The summed E-state index contributed by atoms with van der Waals surface area (Å²) in [4.78, 5) is 0. The first-order valence-corrected chi connectivity index (χ1v) is 7.66. The molecule has 0 radical (unpaired) electrons. The summed E-state index contributed by atoms with van der Waals surface area (Å²) in [7, 11) is 0. The van der Waals surface area contributed by atoms with Gasteiger partial charge in [-0.1, -0.05) is 91.2 Å². The highest BCUT2D eigenvalue weighted by Crippen LogP contribution is 2.27. The Kier molecular flexibility index (Phi) is 9.59. The fourth-order valence-corrected chi connectivity index (χ4v) is 2.02. The van der Waals surface area contributed by atoms with Crippen LogP contribution < -0.4 is 0 Å². The predicted molar refractivity (Wildman–Crippen MR) is 80.4 cm³/mol. The van der Waals surface area contributed by atoms with Gasteiger partial charge in [-0.3, -0.25) is 0 Å². The van der Waals surface area contributed by atoms with Crippen LogP contribution in [0.4, 0.5) is 0 Å². The number of rotatable bonds is 10. The van der Waals surface area contributed by atoms with Crippen LogP contribution in [-0.4, -0.2) is 0 Å². The van der Waals surface area contributed by atoms with Crippen molar-refractivity contribution in [2.75, 3.05) is 0 Å². The summed E-state index contributed by atoms with van der Waals surface area (Å²) in [6.45, 7) is 13.3. The number of allylic oxidation sites excluding steroid dienone is 1. The fourth-order valence-electron chi connectivity index (χ4n) is 2.02. The summed E-state index contributed by atoms with van der Waals surface area (Å²) in [5.74, 6) is 0. The monoisotopic (exact) mass is 238 g/mol. The zero-order chi connectivity index (χ0) is 13.1. The van der Waals surface area contributed by atoms with Crippen LogP contribution in [0.5, 0.6) is 0 Å². The predicted octanol–water partition coefficient (Wildman–Crippen LogP) is 6.51. The van der Waals surface area contributed by atoms with Crippen molar-refractivity contribution >= 4 is 0 Å². The van der Waals surface area contributed by atoms with Crippen LogP contribution in [0.25, 0.3) is 0 Å². The Morgan fingerprint density at radius 1 is 0.765 bits per heavy atom. The van der Waals surface area contributed by atoms with Crippen molar-refractivity contribution in [2.24, 2.45) is 5.41 Å². The van der Waals surface area contributed by atoms with Gasteiger partial charge in [0.15, 0.2) is 0 Å². The Labute approximate surface area is 110 Å². The second-order valence-electron chi connectivity index (χ2n) is 6.43. The molecule has 0 aliphatic rings. The van der Waals surface area contributed by atoms with Crippen molar-refractivity contribution in [2.45, 2.75) is 91.9 Å². The standard InChI is InChI=1S/C17H34/c1-6-7-8-9-10-11-12-13-14-15-16(2)17(3,4)5/h2,6-15H2,1,3-5H3. The van der Waals surface area contributed by atoms with Gasteiger partial charge in [0.2, 0.25) is 0 Å².